The number of ether oxygens (including phenoxy) is 2. The van der Waals surface area contributed by atoms with E-state index < -0.39 is 5.97 Å². The van der Waals surface area contributed by atoms with Crippen LogP contribution in [0.2, 0.25) is 0 Å². The van der Waals surface area contributed by atoms with Crippen molar-refractivity contribution in [3.8, 4) is 5.75 Å². The number of hydrogen-bond acceptors (Lipinski definition) is 6. The summed E-state index contributed by atoms with van der Waals surface area (Å²) in [6.07, 6.45) is 1.72. The Bertz CT molecular complexity index is 996. The van der Waals surface area contributed by atoms with Crippen LogP contribution >= 0.6 is 39.9 Å². The van der Waals surface area contributed by atoms with Crippen LogP contribution in [0.5, 0.6) is 5.75 Å². The number of aromatic nitrogens is 1. The van der Waals surface area contributed by atoms with Crippen LogP contribution in [0.15, 0.2) is 39.7 Å². The molecule has 6 nitrogen and oxygen atoms in total. The molecule has 0 radical (unpaired) electrons. The zero-order valence-electron chi connectivity index (χ0n) is 16.1. The Morgan fingerprint density at radius 3 is 2.59 bits per heavy atom. The predicted octanol–water partition coefficient (Wildman–Crippen LogP) is 4.35. The van der Waals surface area contributed by atoms with Crippen LogP contribution in [0, 0.1) is 13.8 Å². The van der Waals surface area contributed by atoms with Gasteiger partial charge < -0.3 is 9.47 Å². The van der Waals surface area contributed by atoms with Crippen molar-refractivity contribution in [3.63, 3.8) is 0 Å². The number of benzene rings is 1. The number of nitrogens with zero attached hydrogens (tertiary/aromatic N) is 2. The molecule has 0 atom stereocenters. The van der Waals surface area contributed by atoms with Crippen LogP contribution in [0.3, 0.4) is 0 Å². The van der Waals surface area contributed by atoms with Gasteiger partial charge in [0.25, 0.3) is 5.91 Å². The van der Waals surface area contributed by atoms with Gasteiger partial charge in [-0.1, -0.05) is 27.7 Å². The first kappa shape index (κ1) is 21.6. The SMILES string of the molecule is CCOC(=O)COc1ccc(Br)cc1/C=C1/SC(=S)N(n2c(C)ccc2C)C1=O. The zero-order chi connectivity index (χ0) is 21.1. The van der Waals surface area contributed by atoms with Crippen molar-refractivity contribution in [1.82, 2.24) is 4.68 Å². The molecule has 0 unspecified atom stereocenters. The highest BCUT2D eigenvalue weighted by Gasteiger charge is 2.35. The normalized spacial score (nSPS) is 15.3. The highest BCUT2D eigenvalue weighted by molar-refractivity contribution is 9.10. The number of aryl methyl sites for hydroxylation is 2. The maximum Gasteiger partial charge on any atom is 0.344 e. The van der Waals surface area contributed by atoms with Gasteiger partial charge in [0.1, 0.15) is 5.75 Å². The molecule has 152 valence electrons. The Labute approximate surface area is 186 Å². The van der Waals surface area contributed by atoms with Gasteiger partial charge in [-0.15, -0.1) is 0 Å². The van der Waals surface area contributed by atoms with Crippen molar-refractivity contribution in [3.05, 3.63) is 56.7 Å². The van der Waals surface area contributed by atoms with Gasteiger partial charge in [-0.25, -0.2) is 4.79 Å². The van der Waals surface area contributed by atoms with Crippen LogP contribution in [-0.4, -0.2) is 34.1 Å². The minimum atomic E-state index is -0.453. The fourth-order valence-electron chi connectivity index (χ4n) is 2.85. The molecule has 1 aromatic heterocycles. The van der Waals surface area contributed by atoms with Crippen molar-refractivity contribution >= 4 is 62.2 Å². The molecule has 0 spiro atoms. The lowest BCUT2D eigenvalue weighted by molar-refractivity contribution is -0.145. The number of hydrogen-bond donors (Lipinski definition) is 0. The summed E-state index contributed by atoms with van der Waals surface area (Å²) in [6.45, 7) is 5.66. The molecule has 2 aromatic rings. The zero-order valence-corrected chi connectivity index (χ0v) is 19.3. The fraction of sp³-hybridized carbons (Fsp3) is 0.250. The first-order valence-corrected chi connectivity index (χ1v) is 10.8. The van der Waals surface area contributed by atoms with E-state index in [-0.39, 0.29) is 19.1 Å². The average Bonchev–Trinajstić information content (AvgIpc) is 3.13. The van der Waals surface area contributed by atoms with Gasteiger partial charge in [-0.2, -0.15) is 5.01 Å². The van der Waals surface area contributed by atoms with Gasteiger partial charge in [0.15, 0.2) is 10.9 Å². The van der Waals surface area contributed by atoms with Crippen molar-refractivity contribution in [2.75, 3.05) is 18.2 Å². The van der Waals surface area contributed by atoms with E-state index in [2.05, 4.69) is 15.9 Å². The minimum Gasteiger partial charge on any atom is -0.481 e. The lowest BCUT2D eigenvalue weighted by Gasteiger charge is -2.20. The van der Waals surface area contributed by atoms with Crippen molar-refractivity contribution in [1.29, 1.82) is 0 Å². The third-order valence-corrected chi connectivity index (χ3v) is 5.89. The molecule has 1 saturated heterocycles. The van der Waals surface area contributed by atoms with Gasteiger partial charge in [0, 0.05) is 21.4 Å². The molecular formula is C20H19BrN2O4S2. The second-order valence-electron chi connectivity index (χ2n) is 6.20. The van der Waals surface area contributed by atoms with Gasteiger partial charge >= 0.3 is 5.97 Å². The Kier molecular flexibility index (Phi) is 6.81. The second kappa shape index (κ2) is 9.15. The van der Waals surface area contributed by atoms with E-state index in [1.807, 2.05) is 32.0 Å². The quantitative estimate of drug-likeness (QED) is 0.338. The molecule has 0 saturated carbocycles. The average molecular weight is 495 g/mol. The summed E-state index contributed by atoms with van der Waals surface area (Å²) < 4.78 is 13.6. The summed E-state index contributed by atoms with van der Waals surface area (Å²) in [5, 5.41) is 1.49. The molecule has 1 aromatic carbocycles. The second-order valence-corrected chi connectivity index (χ2v) is 8.79. The van der Waals surface area contributed by atoms with E-state index in [0.29, 0.717) is 20.5 Å². The molecule has 9 heteroatoms. The Balaban J connectivity index is 1.90. The molecule has 0 bridgehead atoms. The van der Waals surface area contributed by atoms with Crippen molar-refractivity contribution in [2.24, 2.45) is 0 Å². The van der Waals surface area contributed by atoms with E-state index in [9.17, 15) is 9.59 Å². The number of carbonyl (C=O) groups is 2. The summed E-state index contributed by atoms with van der Waals surface area (Å²) in [5.41, 5.74) is 2.49. The number of thiocarbonyl (C=S) groups is 1. The van der Waals surface area contributed by atoms with Crippen LogP contribution in [-0.2, 0) is 14.3 Å². The molecule has 0 N–H and O–H groups in total. The van der Waals surface area contributed by atoms with Crippen LogP contribution in [0.1, 0.15) is 23.9 Å². The van der Waals surface area contributed by atoms with Crippen LogP contribution in [0.4, 0.5) is 0 Å². The standard InChI is InChI=1S/C20H19BrN2O4S2/c1-4-26-18(24)11-27-16-8-7-15(21)9-14(16)10-17-19(25)23(20(28)29-17)22-12(2)5-6-13(22)3/h5-10H,4,11H2,1-3H3/b17-10+. The smallest absolute Gasteiger partial charge is 0.344 e. The summed E-state index contributed by atoms with van der Waals surface area (Å²) in [6, 6.07) is 9.23. The summed E-state index contributed by atoms with van der Waals surface area (Å²) in [5.74, 6) is -0.190. The van der Waals surface area contributed by atoms with E-state index >= 15 is 0 Å². The van der Waals surface area contributed by atoms with E-state index in [0.717, 1.165) is 15.9 Å². The molecule has 1 amide bonds. The molecular weight excluding hydrogens is 476 g/mol. The third-order valence-electron chi connectivity index (χ3n) is 4.12. The summed E-state index contributed by atoms with van der Waals surface area (Å²) >= 11 is 10.1. The predicted molar refractivity (Wildman–Crippen MR) is 122 cm³/mol. The highest BCUT2D eigenvalue weighted by Crippen LogP contribution is 2.35. The highest BCUT2D eigenvalue weighted by atomic mass is 79.9. The first-order valence-electron chi connectivity index (χ1n) is 8.83. The number of halogens is 1. The lowest BCUT2D eigenvalue weighted by Crippen LogP contribution is -2.39. The maximum atomic E-state index is 13.1. The molecule has 0 aliphatic carbocycles. The van der Waals surface area contributed by atoms with Crippen molar-refractivity contribution in [2.45, 2.75) is 20.8 Å². The van der Waals surface area contributed by atoms with E-state index in [1.165, 1.54) is 16.8 Å². The van der Waals surface area contributed by atoms with Crippen molar-refractivity contribution < 1.29 is 19.1 Å². The molecule has 3 rings (SSSR count). The Morgan fingerprint density at radius 1 is 1.24 bits per heavy atom. The summed E-state index contributed by atoms with van der Waals surface area (Å²) in [7, 11) is 0. The van der Waals surface area contributed by atoms with Gasteiger partial charge in [0.05, 0.1) is 11.5 Å². The molecule has 1 aliphatic rings. The van der Waals surface area contributed by atoms with Crippen LogP contribution in [0.25, 0.3) is 6.08 Å². The Hall–Kier alpha value is -2.10. The largest absolute Gasteiger partial charge is 0.481 e. The number of thioether (sulfide) groups is 1. The van der Waals surface area contributed by atoms with Crippen LogP contribution < -0.4 is 9.75 Å². The summed E-state index contributed by atoms with van der Waals surface area (Å²) in [4.78, 5) is 25.2. The molecule has 1 aliphatic heterocycles. The molecule has 1 fully saturated rings. The van der Waals surface area contributed by atoms with E-state index in [1.54, 1.807) is 29.8 Å². The monoisotopic (exact) mass is 494 g/mol. The Morgan fingerprint density at radius 2 is 1.93 bits per heavy atom. The maximum absolute atomic E-state index is 13.1. The number of rotatable bonds is 6. The number of carbonyl (C=O) groups excluding carboxylic acids is 2. The van der Waals surface area contributed by atoms with Gasteiger partial charge in [0.2, 0.25) is 0 Å². The minimum absolute atomic E-state index is 0.209. The number of esters is 1. The molecule has 29 heavy (non-hydrogen) atoms. The molecule has 2 heterocycles. The topological polar surface area (TPSA) is 60.8 Å². The number of amides is 1. The lowest BCUT2D eigenvalue weighted by atomic mass is 10.2. The van der Waals surface area contributed by atoms with Gasteiger partial charge in [-0.05, 0) is 69.4 Å². The first-order chi connectivity index (χ1) is 13.8. The fourth-order valence-corrected chi connectivity index (χ4v) is 4.46. The van der Waals surface area contributed by atoms with Gasteiger partial charge in [-0.3, -0.25) is 9.47 Å². The third kappa shape index (κ3) is 4.73. The van der Waals surface area contributed by atoms with E-state index in [4.69, 9.17) is 21.7 Å².